The molecule has 4 aromatic rings. The Bertz CT molecular complexity index is 1160. The van der Waals surface area contributed by atoms with Gasteiger partial charge in [-0.1, -0.05) is 98.8 Å². The van der Waals surface area contributed by atoms with Gasteiger partial charge in [0.1, 0.15) is 6.67 Å². The van der Waals surface area contributed by atoms with Crippen molar-refractivity contribution in [2.75, 3.05) is 0 Å². The van der Waals surface area contributed by atoms with E-state index < -0.39 is 12.1 Å². The fourth-order valence-corrected chi connectivity index (χ4v) is 5.19. The average Bonchev–Trinajstić information content (AvgIpc) is 2.81. The zero-order valence-corrected chi connectivity index (χ0v) is 17.3. The van der Waals surface area contributed by atoms with Gasteiger partial charge >= 0.3 is 0 Å². The van der Waals surface area contributed by atoms with Gasteiger partial charge in [0, 0.05) is 5.41 Å². The van der Waals surface area contributed by atoms with E-state index in [1.165, 1.54) is 22.3 Å². The lowest BCUT2D eigenvalue weighted by molar-refractivity contribution is 0.472. The molecule has 0 amide bonds. The van der Waals surface area contributed by atoms with Crippen molar-refractivity contribution >= 4 is 0 Å². The molecular weight excluding hydrogens is 369 g/mol. The molecule has 0 saturated heterocycles. The first-order chi connectivity index (χ1) is 14.6. The van der Waals surface area contributed by atoms with Crippen LogP contribution < -0.4 is 0 Å². The van der Waals surface area contributed by atoms with Crippen LogP contribution in [0.2, 0.25) is 0 Å². The Balaban J connectivity index is 2.00. The fourth-order valence-electron chi connectivity index (χ4n) is 5.19. The van der Waals surface area contributed by atoms with Crippen molar-refractivity contribution in [2.45, 2.75) is 31.4 Å². The summed E-state index contributed by atoms with van der Waals surface area (Å²) in [5.41, 5.74) is 6.69. The summed E-state index contributed by atoms with van der Waals surface area (Å²) in [6.07, 6.45) is 0. The molecule has 1 aliphatic carbocycles. The van der Waals surface area contributed by atoms with Gasteiger partial charge in [0.05, 0.1) is 16.8 Å². The highest BCUT2D eigenvalue weighted by molar-refractivity contribution is 5.68. The largest absolute Gasteiger partial charge is 0.253 e. The number of pyridine rings is 1. The minimum atomic E-state index is -0.602. The lowest BCUT2D eigenvalue weighted by atomic mass is 9.55. The molecule has 5 rings (SSSR count). The third-order valence-corrected chi connectivity index (χ3v) is 6.54. The molecule has 0 bridgehead atoms. The number of halogens is 1. The van der Waals surface area contributed by atoms with Gasteiger partial charge in [-0.15, -0.1) is 0 Å². The number of nitrogens with zero attached hydrogens (tertiary/aromatic N) is 1. The number of hydrogen-bond donors (Lipinski definition) is 0. The first kappa shape index (κ1) is 18.7. The Morgan fingerprint density at radius 1 is 0.633 bits per heavy atom. The van der Waals surface area contributed by atoms with E-state index in [4.69, 9.17) is 4.98 Å². The maximum Gasteiger partial charge on any atom is 0.131 e. The standard InChI is InChI=1S/C28H24FN/c1-27(2)22-14-6-8-16-24(22)28(20-11-4-3-5-12-20,25-17-9-7-15-23(25)27)26-18-10-13-21(19-29)30-26/h3-18H,19H2,1-2H3. The highest BCUT2D eigenvalue weighted by Gasteiger charge is 2.49. The van der Waals surface area contributed by atoms with Crippen molar-refractivity contribution in [1.82, 2.24) is 4.98 Å². The summed E-state index contributed by atoms with van der Waals surface area (Å²) in [7, 11) is 0. The first-order valence-corrected chi connectivity index (χ1v) is 10.4. The molecule has 1 aromatic heterocycles. The molecule has 0 atom stereocenters. The Labute approximate surface area is 177 Å². The minimum Gasteiger partial charge on any atom is -0.253 e. The molecule has 1 aliphatic rings. The molecule has 0 aliphatic heterocycles. The number of benzene rings is 3. The van der Waals surface area contributed by atoms with Crippen LogP contribution in [-0.2, 0) is 17.5 Å². The molecule has 148 valence electrons. The van der Waals surface area contributed by atoms with Crippen LogP contribution in [0.25, 0.3) is 0 Å². The maximum atomic E-state index is 13.7. The smallest absolute Gasteiger partial charge is 0.131 e. The second-order valence-electron chi connectivity index (χ2n) is 8.48. The van der Waals surface area contributed by atoms with E-state index in [2.05, 4.69) is 86.6 Å². The van der Waals surface area contributed by atoms with Gasteiger partial charge in [0.25, 0.3) is 0 Å². The van der Waals surface area contributed by atoms with Crippen molar-refractivity contribution in [3.05, 3.63) is 136 Å². The Kier molecular flexibility index (Phi) is 4.32. The molecular formula is C28H24FN. The van der Waals surface area contributed by atoms with Crippen LogP contribution in [0.15, 0.2) is 97.1 Å². The van der Waals surface area contributed by atoms with Crippen LogP contribution in [0.4, 0.5) is 4.39 Å². The van der Waals surface area contributed by atoms with Crippen molar-refractivity contribution < 1.29 is 4.39 Å². The monoisotopic (exact) mass is 393 g/mol. The summed E-state index contributed by atoms with van der Waals surface area (Å²) in [4.78, 5) is 4.83. The molecule has 0 radical (unpaired) electrons. The van der Waals surface area contributed by atoms with E-state index in [9.17, 15) is 4.39 Å². The summed E-state index contributed by atoms with van der Waals surface area (Å²) in [5.74, 6) is 0. The van der Waals surface area contributed by atoms with Crippen molar-refractivity contribution in [3.8, 4) is 0 Å². The van der Waals surface area contributed by atoms with Gasteiger partial charge < -0.3 is 0 Å². The molecule has 0 spiro atoms. The van der Waals surface area contributed by atoms with Gasteiger partial charge in [-0.05, 0) is 39.9 Å². The van der Waals surface area contributed by atoms with Crippen molar-refractivity contribution in [3.63, 3.8) is 0 Å². The summed E-state index contributed by atoms with van der Waals surface area (Å²) < 4.78 is 13.7. The molecule has 2 heteroatoms. The van der Waals surface area contributed by atoms with Gasteiger partial charge in [0.15, 0.2) is 0 Å². The van der Waals surface area contributed by atoms with Crippen molar-refractivity contribution in [1.29, 1.82) is 0 Å². The summed E-state index contributed by atoms with van der Waals surface area (Å²) in [6.45, 7) is 3.99. The van der Waals surface area contributed by atoms with Crippen LogP contribution in [0.3, 0.4) is 0 Å². The van der Waals surface area contributed by atoms with Gasteiger partial charge in [-0.3, -0.25) is 4.98 Å². The van der Waals surface area contributed by atoms with Gasteiger partial charge in [-0.2, -0.15) is 0 Å². The van der Waals surface area contributed by atoms with Crippen LogP contribution in [0, 0.1) is 0 Å². The molecule has 0 unspecified atom stereocenters. The lowest BCUT2D eigenvalue weighted by Gasteiger charge is -2.47. The first-order valence-electron chi connectivity index (χ1n) is 10.4. The zero-order valence-electron chi connectivity index (χ0n) is 17.3. The fraction of sp³-hybridized carbons (Fsp3) is 0.179. The van der Waals surface area contributed by atoms with Crippen LogP contribution in [0.1, 0.15) is 53.1 Å². The van der Waals surface area contributed by atoms with E-state index in [1.807, 2.05) is 18.2 Å². The highest BCUT2D eigenvalue weighted by Crippen LogP contribution is 2.55. The third kappa shape index (κ3) is 2.50. The van der Waals surface area contributed by atoms with Gasteiger partial charge in [0.2, 0.25) is 0 Å². The van der Waals surface area contributed by atoms with Crippen molar-refractivity contribution in [2.24, 2.45) is 0 Å². The van der Waals surface area contributed by atoms with E-state index >= 15 is 0 Å². The van der Waals surface area contributed by atoms with Crippen LogP contribution >= 0.6 is 0 Å². The maximum absolute atomic E-state index is 13.7. The molecule has 1 heterocycles. The molecule has 30 heavy (non-hydrogen) atoms. The van der Waals surface area contributed by atoms with Gasteiger partial charge in [-0.25, -0.2) is 4.39 Å². The second kappa shape index (κ2) is 6.91. The normalized spacial score (nSPS) is 15.8. The second-order valence-corrected chi connectivity index (χ2v) is 8.48. The number of rotatable bonds is 3. The Morgan fingerprint density at radius 2 is 1.17 bits per heavy atom. The summed E-state index contributed by atoms with van der Waals surface area (Å²) >= 11 is 0. The molecule has 0 fully saturated rings. The topological polar surface area (TPSA) is 12.9 Å². The molecule has 3 aromatic carbocycles. The van der Waals surface area contributed by atoms with E-state index in [0.29, 0.717) is 5.69 Å². The minimum absolute atomic E-state index is 0.150. The number of aromatic nitrogens is 1. The Hall–Kier alpha value is -3.26. The SMILES string of the molecule is CC1(C)c2ccccc2C(c2ccccc2)(c2cccc(CF)n2)c2ccccc21. The van der Waals surface area contributed by atoms with E-state index in [-0.39, 0.29) is 5.41 Å². The predicted molar refractivity (Wildman–Crippen MR) is 119 cm³/mol. The highest BCUT2D eigenvalue weighted by atomic mass is 19.1. The number of alkyl halides is 1. The Morgan fingerprint density at radius 3 is 1.73 bits per heavy atom. The summed E-state index contributed by atoms with van der Waals surface area (Å²) in [5, 5.41) is 0. The molecule has 0 N–H and O–H groups in total. The average molecular weight is 394 g/mol. The van der Waals surface area contributed by atoms with E-state index in [0.717, 1.165) is 11.3 Å². The predicted octanol–water partition coefficient (Wildman–Crippen LogP) is 6.57. The summed E-state index contributed by atoms with van der Waals surface area (Å²) in [6, 6.07) is 33.5. The van der Waals surface area contributed by atoms with E-state index in [1.54, 1.807) is 6.07 Å². The number of hydrogen-bond acceptors (Lipinski definition) is 1. The molecule has 0 saturated carbocycles. The van der Waals surface area contributed by atoms with Crippen LogP contribution in [0.5, 0.6) is 0 Å². The third-order valence-electron chi connectivity index (χ3n) is 6.54. The van der Waals surface area contributed by atoms with Crippen LogP contribution in [-0.4, -0.2) is 4.98 Å². The zero-order chi connectivity index (χ0) is 20.8. The quantitative estimate of drug-likeness (QED) is 0.383. The number of fused-ring (bicyclic) bond motifs is 2. The molecule has 1 nitrogen and oxygen atoms in total. The lowest BCUT2D eigenvalue weighted by Crippen LogP contribution is -2.42.